The summed E-state index contributed by atoms with van der Waals surface area (Å²) in [6.45, 7) is 17.7. The Labute approximate surface area is 169 Å². The fourth-order valence-electron chi connectivity index (χ4n) is 3.17. The Balaban J connectivity index is 2.57. The number of ether oxygens (including phenoxy) is 2. The Morgan fingerprint density at radius 2 is 0.963 bits per heavy atom. The zero-order chi connectivity index (χ0) is 20.6. The Kier molecular flexibility index (Phi) is 6.26. The minimum Gasteiger partial charge on any atom is -0.496 e. The summed E-state index contributed by atoms with van der Waals surface area (Å²) in [6, 6.07) is 8.90. The molecule has 0 fully saturated rings. The van der Waals surface area contributed by atoms with Crippen molar-refractivity contribution < 1.29 is 9.47 Å². The molecule has 2 rings (SSSR count). The van der Waals surface area contributed by atoms with Crippen LogP contribution in [0.1, 0.15) is 63.8 Å². The van der Waals surface area contributed by atoms with Gasteiger partial charge in [-0.2, -0.15) is 0 Å². The number of aryl methyl sites for hydroxylation is 2. The number of benzene rings is 2. The van der Waals surface area contributed by atoms with Crippen LogP contribution in [-0.2, 0) is 10.8 Å². The van der Waals surface area contributed by atoms with Crippen molar-refractivity contribution in [2.45, 2.75) is 76.0 Å². The van der Waals surface area contributed by atoms with Crippen LogP contribution in [-0.4, -0.2) is 14.2 Å². The molecule has 0 aliphatic carbocycles. The van der Waals surface area contributed by atoms with Gasteiger partial charge >= 0.3 is 0 Å². The van der Waals surface area contributed by atoms with Gasteiger partial charge in [-0.15, -0.1) is 0 Å². The van der Waals surface area contributed by atoms with E-state index in [1.807, 2.05) is 11.8 Å². The third-order valence-corrected chi connectivity index (χ3v) is 6.15. The minimum atomic E-state index is 0.0277. The van der Waals surface area contributed by atoms with Crippen LogP contribution in [0.3, 0.4) is 0 Å². The fourth-order valence-corrected chi connectivity index (χ4v) is 4.20. The molecule has 0 unspecified atom stereocenters. The predicted molar refractivity (Wildman–Crippen MR) is 117 cm³/mol. The fraction of sp³-hybridized carbons (Fsp3) is 0.500. The normalized spacial score (nSPS) is 12.2. The largest absolute Gasteiger partial charge is 0.496 e. The third kappa shape index (κ3) is 4.82. The van der Waals surface area contributed by atoms with Gasteiger partial charge in [0.05, 0.1) is 14.2 Å². The maximum Gasteiger partial charge on any atom is 0.122 e. The van der Waals surface area contributed by atoms with E-state index >= 15 is 0 Å². The average Bonchev–Trinajstić information content (AvgIpc) is 2.55. The molecule has 3 heteroatoms. The smallest absolute Gasteiger partial charge is 0.122 e. The van der Waals surface area contributed by atoms with Crippen LogP contribution in [0.4, 0.5) is 0 Å². The highest BCUT2D eigenvalue weighted by Gasteiger charge is 2.23. The van der Waals surface area contributed by atoms with E-state index < -0.39 is 0 Å². The summed E-state index contributed by atoms with van der Waals surface area (Å²) in [5, 5.41) is 0. The van der Waals surface area contributed by atoms with Crippen LogP contribution in [0.25, 0.3) is 0 Å². The van der Waals surface area contributed by atoms with E-state index in [-0.39, 0.29) is 10.8 Å². The van der Waals surface area contributed by atoms with Gasteiger partial charge in [0.2, 0.25) is 0 Å². The highest BCUT2D eigenvalue weighted by molar-refractivity contribution is 7.99. The number of rotatable bonds is 4. The van der Waals surface area contributed by atoms with Crippen molar-refractivity contribution in [3.8, 4) is 11.5 Å². The second-order valence-corrected chi connectivity index (χ2v) is 10.3. The van der Waals surface area contributed by atoms with E-state index in [1.165, 1.54) is 32.0 Å². The van der Waals surface area contributed by atoms with Crippen LogP contribution in [0.5, 0.6) is 11.5 Å². The molecule has 2 aromatic carbocycles. The monoisotopic (exact) mass is 386 g/mol. The molecule has 0 amide bonds. The average molecular weight is 387 g/mol. The molecule has 2 aromatic rings. The summed E-state index contributed by atoms with van der Waals surface area (Å²) >= 11 is 1.83. The highest BCUT2D eigenvalue weighted by atomic mass is 32.2. The molecule has 0 aliphatic heterocycles. The summed E-state index contributed by atoms with van der Waals surface area (Å²) < 4.78 is 11.3. The lowest BCUT2D eigenvalue weighted by Gasteiger charge is -2.25. The maximum atomic E-state index is 5.65. The summed E-state index contributed by atoms with van der Waals surface area (Å²) in [5.74, 6) is 1.93. The summed E-state index contributed by atoms with van der Waals surface area (Å²) in [6.07, 6.45) is 0. The molecule has 0 radical (unpaired) electrons. The van der Waals surface area contributed by atoms with Crippen molar-refractivity contribution in [1.82, 2.24) is 0 Å². The zero-order valence-electron chi connectivity index (χ0n) is 18.5. The number of hydrogen-bond donors (Lipinski definition) is 0. The topological polar surface area (TPSA) is 18.5 Å². The third-order valence-electron chi connectivity index (χ3n) is 4.83. The number of methoxy groups -OCH3 is 2. The first-order chi connectivity index (χ1) is 12.4. The molecular formula is C24H34O2S. The second kappa shape index (κ2) is 7.79. The van der Waals surface area contributed by atoms with Crippen LogP contribution >= 0.6 is 11.8 Å². The first-order valence-electron chi connectivity index (χ1n) is 9.44. The molecule has 148 valence electrons. The Hall–Kier alpha value is -1.61. The molecule has 0 N–H and O–H groups in total. The van der Waals surface area contributed by atoms with Crippen LogP contribution in [0, 0.1) is 13.8 Å². The van der Waals surface area contributed by atoms with Crippen molar-refractivity contribution >= 4 is 11.8 Å². The lowest BCUT2D eigenvalue weighted by molar-refractivity contribution is 0.396. The van der Waals surface area contributed by atoms with Gasteiger partial charge in [-0.25, -0.2) is 0 Å². The van der Waals surface area contributed by atoms with Gasteiger partial charge in [-0.05, 0) is 60.1 Å². The lowest BCUT2D eigenvalue weighted by Crippen LogP contribution is -2.14. The zero-order valence-corrected chi connectivity index (χ0v) is 19.4. The van der Waals surface area contributed by atoms with Gasteiger partial charge in [-0.3, -0.25) is 0 Å². The van der Waals surface area contributed by atoms with Crippen LogP contribution in [0.2, 0.25) is 0 Å². The van der Waals surface area contributed by atoms with Crippen molar-refractivity contribution in [2.24, 2.45) is 0 Å². The van der Waals surface area contributed by atoms with E-state index in [2.05, 4.69) is 79.7 Å². The van der Waals surface area contributed by atoms with E-state index in [0.717, 1.165) is 11.5 Å². The van der Waals surface area contributed by atoms with Gasteiger partial charge in [0.1, 0.15) is 11.5 Å². The summed E-state index contributed by atoms with van der Waals surface area (Å²) in [5.41, 5.74) is 5.00. The molecule has 0 heterocycles. The Morgan fingerprint density at radius 3 is 1.22 bits per heavy atom. The molecule has 0 saturated heterocycles. The maximum absolute atomic E-state index is 5.65. The van der Waals surface area contributed by atoms with Gasteiger partial charge < -0.3 is 9.47 Å². The van der Waals surface area contributed by atoms with Crippen molar-refractivity contribution in [3.05, 3.63) is 46.5 Å². The summed E-state index contributed by atoms with van der Waals surface area (Å²) in [7, 11) is 3.50. The molecule has 0 atom stereocenters. The molecular weight excluding hydrogens is 352 g/mol. The van der Waals surface area contributed by atoms with E-state index in [1.54, 1.807) is 14.2 Å². The highest BCUT2D eigenvalue weighted by Crippen LogP contribution is 2.42. The summed E-state index contributed by atoms with van der Waals surface area (Å²) in [4.78, 5) is 2.54. The minimum absolute atomic E-state index is 0.0277. The van der Waals surface area contributed by atoms with Gasteiger partial charge in [0.25, 0.3) is 0 Å². The van der Waals surface area contributed by atoms with Gasteiger partial charge in [0.15, 0.2) is 0 Å². The Bertz CT molecular complexity index is 754. The SMILES string of the molecule is COc1cc(C)c(Sc2cc(C(C)(C)C)c(OC)cc2C)cc1C(C)(C)C. The van der Waals surface area contributed by atoms with Gasteiger partial charge in [0, 0.05) is 20.9 Å². The predicted octanol–water partition coefficient (Wildman–Crippen LogP) is 7.07. The van der Waals surface area contributed by atoms with E-state index in [9.17, 15) is 0 Å². The lowest BCUT2D eigenvalue weighted by atomic mass is 9.86. The standard InChI is InChI=1S/C24H34O2S/c1-15-11-19(25-9)17(23(3,4)5)13-21(15)27-22-14-18(24(6,7)8)20(26-10)12-16(22)2/h11-14H,1-10H3. The number of hydrogen-bond acceptors (Lipinski definition) is 3. The van der Waals surface area contributed by atoms with Crippen molar-refractivity contribution in [2.75, 3.05) is 14.2 Å². The molecule has 2 nitrogen and oxygen atoms in total. The van der Waals surface area contributed by atoms with Gasteiger partial charge in [-0.1, -0.05) is 53.3 Å². The van der Waals surface area contributed by atoms with Crippen LogP contribution < -0.4 is 9.47 Å². The Morgan fingerprint density at radius 1 is 0.630 bits per heavy atom. The molecule has 27 heavy (non-hydrogen) atoms. The van der Waals surface area contributed by atoms with Crippen LogP contribution in [0.15, 0.2) is 34.1 Å². The molecule has 0 aromatic heterocycles. The second-order valence-electron chi connectivity index (χ2n) is 9.24. The molecule has 0 bridgehead atoms. The van der Waals surface area contributed by atoms with E-state index in [0.29, 0.717) is 0 Å². The van der Waals surface area contributed by atoms with E-state index in [4.69, 9.17) is 9.47 Å². The molecule has 0 aliphatic rings. The molecule has 0 saturated carbocycles. The van der Waals surface area contributed by atoms with Crippen molar-refractivity contribution in [3.63, 3.8) is 0 Å². The first-order valence-corrected chi connectivity index (χ1v) is 10.3. The molecule has 0 spiro atoms. The first kappa shape index (κ1) is 21.7. The quantitative estimate of drug-likeness (QED) is 0.560. The van der Waals surface area contributed by atoms with Crippen molar-refractivity contribution in [1.29, 1.82) is 0 Å².